The Labute approximate surface area is 92.5 Å². The van der Waals surface area contributed by atoms with Gasteiger partial charge in [-0.05, 0) is 31.5 Å². The van der Waals surface area contributed by atoms with Gasteiger partial charge >= 0.3 is 0 Å². The van der Waals surface area contributed by atoms with Gasteiger partial charge in [0.1, 0.15) is 0 Å². The summed E-state index contributed by atoms with van der Waals surface area (Å²) in [5.74, 6) is 0.899. The molecule has 0 aromatic carbocycles. The van der Waals surface area contributed by atoms with Crippen molar-refractivity contribution >= 4 is 11.9 Å². The molecule has 0 bridgehead atoms. The van der Waals surface area contributed by atoms with Gasteiger partial charge in [0.25, 0.3) is 0 Å². The number of rotatable bonds is 2. The topological polar surface area (TPSA) is 59.3 Å². The van der Waals surface area contributed by atoms with Crippen molar-refractivity contribution in [3.8, 4) is 0 Å². The molecule has 2 aromatic rings. The molecule has 82 valence electrons. The largest absolute Gasteiger partial charge is 0.307 e. The first-order chi connectivity index (χ1) is 7.88. The van der Waals surface area contributed by atoms with Crippen LogP contribution in [-0.4, -0.2) is 27.4 Å². The van der Waals surface area contributed by atoms with Gasteiger partial charge in [-0.1, -0.05) is 0 Å². The van der Waals surface area contributed by atoms with Gasteiger partial charge in [-0.15, -0.1) is 10.2 Å². The number of pyridine rings is 1. The smallest absolute Gasteiger partial charge is 0.160 e. The lowest BCUT2D eigenvalue weighted by molar-refractivity contribution is 0.112. The van der Waals surface area contributed by atoms with Crippen LogP contribution in [0, 0.1) is 0 Å². The van der Waals surface area contributed by atoms with Gasteiger partial charge < -0.3 is 5.32 Å². The monoisotopic (exact) mass is 216 g/mol. The van der Waals surface area contributed by atoms with E-state index < -0.39 is 0 Å². The summed E-state index contributed by atoms with van der Waals surface area (Å²) in [7, 11) is 0. The highest BCUT2D eigenvalue weighted by atomic mass is 16.1. The highest BCUT2D eigenvalue weighted by Crippen LogP contribution is 2.21. The van der Waals surface area contributed by atoms with Crippen LogP contribution >= 0.6 is 0 Å². The molecule has 0 aliphatic carbocycles. The van der Waals surface area contributed by atoms with E-state index in [1.54, 1.807) is 12.3 Å². The lowest BCUT2D eigenvalue weighted by atomic mass is 10.2. The second-order valence-electron chi connectivity index (χ2n) is 4.02. The SMILES string of the molecule is O=Cc1ccc2nnc(C3CCCN3)n2c1. The fourth-order valence-electron chi connectivity index (χ4n) is 2.14. The lowest BCUT2D eigenvalue weighted by Crippen LogP contribution is -2.15. The zero-order valence-corrected chi connectivity index (χ0v) is 8.76. The van der Waals surface area contributed by atoms with Gasteiger partial charge in [0, 0.05) is 11.8 Å². The molecule has 3 rings (SSSR count). The Bertz CT molecular complexity index is 528. The minimum Gasteiger partial charge on any atom is -0.307 e. The van der Waals surface area contributed by atoms with Gasteiger partial charge in [0.2, 0.25) is 0 Å². The average Bonchev–Trinajstić information content (AvgIpc) is 2.96. The van der Waals surface area contributed by atoms with Gasteiger partial charge in [0.15, 0.2) is 17.8 Å². The molecule has 1 fully saturated rings. The highest BCUT2D eigenvalue weighted by Gasteiger charge is 2.21. The molecule has 3 heterocycles. The number of hydrogen-bond acceptors (Lipinski definition) is 4. The van der Waals surface area contributed by atoms with Gasteiger partial charge in [-0.25, -0.2) is 0 Å². The Morgan fingerprint density at radius 2 is 2.38 bits per heavy atom. The van der Waals surface area contributed by atoms with Crippen LogP contribution in [0.2, 0.25) is 0 Å². The molecule has 1 aliphatic rings. The molecule has 1 unspecified atom stereocenters. The summed E-state index contributed by atoms with van der Waals surface area (Å²) >= 11 is 0. The predicted molar refractivity (Wildman–Crippen MR) is 58.4 cm³/mol. The first-order valence-electron chi connectivity index (χ1n) is 5.42. The maximum absolute atomic E-state index is 10.7. The van der Waals surface area contributed by atoms with Crippen molar-refractivity contribution in [2.75, 3.05) is 6.54 Å². The number of aldehydes is 1. The molecule has 16 heavy (non-hydrogen) atoms. The maximum atomic E-state index is 10.7. The molecule has 1 atom stereocenters. The minimum absolute atomic E-state index is 0.261. The van der Waals surface area contributed by atoms with Crippen LogP contribution < -0.4 is 5.32 Å². The third-order valence-electron chi connectivity index (χ3n) is 2.96. The number of hydrogen-bond donors (Lipinski definition) is 1. The van der Waals surface area contributed by atoms with Crippen LogP contribution in [0.1, 0.15) is 35.1 Å². The first-order valence-corrected chi connectivity index (χ1v) is 5.42. The summed E-state index contributed by atoms with van der Waals surface area (Å²) in [6, 6.07) is 3.83. The second kappa shape index (κ2) is 3.68. The van der Waals surface area contributed by atoms with E-state index in [-0.39, 0.29) is 6.04 Å². The number of nitrogens with one attached hydrogen (secondary N) is 1. The summed E-state index contributed by atoms with van der Waals surface area (Å²) in [5.41, 5.74) is 1.43. The van der Waals surface area contributed by atoms with E-state index in [0.29, 0.717) is 5.56 Å². The van der Waals surface area contributed by atoms with E-state index in [2.05, 4.69) is 15.5 Å². The number of carbonyl (C=O) groups excluding carboxylic acids is 1. The van der Waals surface area contributed by atoms with Gasteiger partial charge in [-0.2, -0.15) is 0 Å². The molecule has 1 saturated heterocycles. The Kier molecular flexibility index (Phi) is 2.18. The quantitative estimate of drug-likeness (QED) is 0.760. The molecule has 0 amide bonds. The Morgan fingerprint density at radius 3 is 3.12 bits per heavy atom. The molecule has 1 aliphatic heterocycles. The minimum atomic E-state index is 0.261. The predicted octanol–water partition coefficient (Wildman–Crippen LogP) is 0.966. The van der Waals surface area contributed by atoms with Crippen LogP contribution in [0.5, 0.6) is 0 Å². The molecule has 1 N–H and O–H groups in total. The summed E-state index contributed by atoms with van der Waals surface area (Å²) < 4.78 is 1.90. The van der Waals surface area contributed by atoms with Crippen LogP contribution in [0.4, 0.5) is 0 Å². The van der Waals surface area contributed by atoms with E-state index in [0.717, 1.165) is 37.1 Å². The van der Waals surface area contributed by atoms with Crippen molar-refractivity contribution in [2.45, 2.75) is 18.9 Å². The standard InChI is InChI=1S/C11H12N4O/c16-7-8-3-4-10-13-14-11(15(10)6-8)9-2-1-5-12-9/h3-4,6-7,9,12H,1-2,5H2. The summed E-state index contributed by atoms with van der Waals surface area (Å²) in [5, 5.41) is 11.7. The zero-order valence-electron chi connectivity index (χ0n) is 8.76. The third kappa shape index (κ3) is 1.40. The summed E-state index contributed by atoms with van der Waals surface area (Å²) in [6.45, 7) is 1.02. The Morgan fingerprint density at radius 1 is 1.44 bits per heavy atom. The molecule has 5 heteroatoms. The van der Waals surface area contributed by atoms with E-state index in [1.807, 2.05) is 10.5 Å². The number of carbonyl (C=O) groups is 1. The molecule has 0 radical (unpaired) electrons. The molecular formula is C11H12N4O. The fraction of sp³-hybridized carbons (Fsp3) is 0.364. The Hall–Kier alpha value is -1.75. The number of aromatic nitrogens is 3. The molecular weight excluding hydrogens is 204 g/mol. The second-order valence-corrected chi connectivity index (χ2v) is 4.02. The summed E-state index contributed by atoms with van der Waals surface area (Å²) in [4.78, 5) is 10.7. The van der Waals surface area contributed by atoms with Crippen molar-refractivity contribution in [1.29, 1.82) is 0 Å². The van der Waals surface area contributed by atoms with Gasteiger partial charge in [-0.3, -0.25) is 9.20 Å². The summed E-state index contributed by atoms with van der Waals surface area (Å²) in [6.07, 6.45) is 4.86. The maximum Gasteiger partial charge on any atom is 0.160 e. The van der Waals surface area contributed by atoms with Crippen molar-refractivity contribution in [3.63, 3.8) is 0 Å². The molecule has 2 aromatic heterocycles. The lowest BCUT2D eigenvalue weighted by Gasteiger charge is -2.07. The van der Waals surface area contributed by atoms with E-state index in [4.69, 9.17) is 0 Å². The van der Waals surface area contributed by atoms with Crippen LogP contribution in [0.15, 0.2) is 18.3 Å². The highest BCUT2D eigenvalue weighted by molar-refractivity contribution is 5.74. The van der Waals surface area contributed by atoms with Crippen LogP contribution in [0.25, 0.3) is 5.65 Å². The van der Waals surface area contributed by atoms with Gasteiger partial charge in [0.05, 0.1) is 6.04 Å². The van der Waals surface area contributed by atoms with E-state index >= 15 is 0 Å². The zero-order chi connectivity index (χ0) is 11.0. The van der Waals surface area contributed by atoms with E-state index in [1.165, 1.54) is 0 Å². The van der Waals surface area contributed by atoms with E-state index in [9.17, 15) is 4.79 Å². The Balaban J connectivity index is 2.13. The fourth-order valence-corrected chi connectivity index (χ4v) is 2.14. The number of nitrogens with zero attached hydrogens (tertiary/aromatic N) is 3. The third-order valence-corrected chi connectivity index (χ3v) is 2.96. The average molecular weight is 216 g/mol. The van der Waals surface area contributed by atoms with Crippen molar-refractivity contribution in [3.05, 3.63) is 29.7 Å². The molecule has 0 saturated carbocycles. The van der Waals surface area contributed by atoms with Crippen LogP contribution in [-0.2, 0) is 0 Å². The molecule has 5 nitrogen and oxygen atoms in total. The molecule has 0 spiro atoms. The van der Waals surface area contributed by atoms with Crippen molar-refractivity contribution in [2.24, 2.45) is 0 Å². The van der Waals surface area contributed by atoms with Crippen LogP contribution in [0.3, 0.4) is 0 Å². The normalized spacial score (nSPS) is 20.4. The number of fused-ring (bicyclic) bond motifs is 1. The first kappa shape index (κ1) is 9.47. The van der Waals surface area contributed by atoms with Crippen molar-refractivity contribution < 1.29 is 4.79 Å². The van der Waals surface area contributed by atoms with Crippen molar-refractivity contribution in [1.82, 2.24) is 19.9 Å².